The van der Waals surface area contributed by atoms with Crippen LogP contribution in [-0.2, 0) is 20.7 Å². The van der Waals surface area contributed by atoms with Crippen LogP contribution in [0.1, 0.15) is 18.5 Å². The van der Waals surface area contributed by atoms with Crippen LogP contribution in [0.25, 0.3) is 11.5 Å². The maximum atomic E-state index is 12.3. The van der Waals surface area contributed by atoms with Gasteiger partial charge in [0.2, 0.25) is 11.8 Å². The molecule has 1 aliphatic rings. The summed E-state index contributed by atoms with van der Waals surface area (Å²) >= 11 is 5.85. The van der Waals surface area contributed by atoms with Crippen LogP contribution in [0.5, 0.6) is 0 Å². The van der Waals surface area contributed by atoms with Crippen molar-refractivity contribution in [1.82, 2.24) is 10.3 Å². The lowest BCUT2D eigenvalue weighted by molar-refractivity contribution is -0.139. The Morgan fingerprint density at radius 1 is 1.32 bits per heavy atom. The summed E-state index contributed by atoms with van der Waals surface area (Å²) in [5.74, 6) is -0.899. The number of hydrogen-bond donors (Lipinski definition) is 2. The number of oxazole rings is 1. The van der Waals surface area contributed by atoms with E-state index in [1.807, 2.05) is 0 Å². The lowest BCUT2D eigenvalue weighted by atomic mass is 9.94. The Kier molecular flexibility index (Phi) is 5.06. The Morgan fingerprint density at radius 2 is 2.08 bits per heavy atom. The van der Waals surface area contributed by atoms with Gasteiger partial charge in [-0.2, -0.15) is 0 Å². The van der Waals surface area contributed by atoms with Crippen molar-refractivity contribution in [3.05, 3.63) is 41.2 Å². The molecule has 1 unspecified atom stereocenters. The molecule has 132 valence electrons. The van der Waals surface area contributed by atoms with Crippen LogP contribution in [0.2, 0.25) is 5.02 Å². The number of hydrogen-bond acceptors (Lipinski definition) is 5. The summed E-state index contributed by atoms with van der Waals surface area (Å²) in [6.07, 6.45) is 1.71. The van der Waals surface area contributed by atoms with Crippen molar-refractivity contribution < 1.29 is 23.8 Å². The van der Waals surface area contributed by atoms with Crippen LogP contribution in [-0.4, -0.2) is 40.7 Å². The van der Waals surface area contributed by atoms with Crippen LogP contribution in [0.3, 0.4) is 0 Å². The predicted octanol–water partition coefficient (Wildman–Crippen LogP) is 2.29. The highest BCUT2D eigenvalue weighted by molar-refractivity contribution is 6.30. The molecule has 1 atom stereocenters. The second-order valence-electron chi connectivity index (χ2n) is 6.03. The van der Waals surface area contributed by atoms with Gasteiger partial charge in [-0.05, 0) is 30.7 Å². The highest BCUT2D eigenvalue weighted by atomic mass is 35.5. The maximum Gasteiger partial charge on any atom is 0.305 e. The zero-order valence-corrected chi connectivity index (χ0v) is 14.1. The maximum absolute atomic E-state index is 12.3. The van der Waals surface area contributed by atoms with Crippen LogP contribution < -0.4 is 5.32 Å². The molecule has 2 heterocycles. The highest BCUT2D eigenvalue weighted by Crippen LogP contribution is 2.24. The van der Waals surface area contributed by atoms with Crippen molar-refractivity contribution in [2.45, 2.75) is 24.8 Å². The number of nitrogens with one attached hydrogen (secondary N) is 1. The number of amides is 1. The van der Waals surface area contributed by atoms with Crippen molar-refractivity contribution in [2.75, 3.05) is 13.2 Å². The van der Waals surface area contributed by atoms with E-state index in [0.717, 1.165) is 5.56 Å². The predicted molar refractivity (Wildman–Crippen MR) is 89.2 cm³/mol. The van der Waals surface area contributed by atoms with Gasteiger partial charge in [-0.25, -0.2) is 4.98 Å². The van der Waals surface area contributed by atoms with Crippen LogP contribution in [0.15, 0.2) is 34.9 Å². The summed E-state index contributed by atoms with van der Waals surface area (Å²) in [5, 5.41) is 12.4. The molecule has 0 spiro atoms. The smallest absolute Gasteiger partial charge is 0.305 e. The topological polar surface area (TPSA) is 102 Å². The van der Waals surface area contributed by atoms with Crippen molar-refractivity contribution >= 4 is 23.5 Å². The molecule has 1 amide bonds. The quantitative estimate of drug-likeness (QED) is 0.815. The molecule has 1 aliphatic heterocycles. The van der Waals surface area contributed by atoms with Crippen molar-refractivity contribution in [2.24, 2.45) is 0 Å². The van der Waals surface area contributed by atoms with Crippen molar-refractivity contribution in [1.29, 1.82) is 0 Å². The minimum atomic E-state index is -0.975. The number of carbonyl (C=O) groups excluding carboxylic acids is 1. The molecule has 3 rings (SSSR count). The molecule has 2 N–H and O–H groups in total. The first kappa shape index (κ1) is 17.4. The van der Waals surface area contributed by atoms with Gasteiger partial charge in [0.15, 0.2) is 0 Å². The zero-order chi connectivity index (χ0) is 17.9. The van der Waals surface area contributed by atoms with E-state index in [1.54, 1.807) is 24.3 Å². The van der Waals surface area contributed by atoms with E-state index in [2.05, 4.69) is 10.3 Å². The summed E-state index contributed by atoms with van der Waals surface area (Å²) < 4.78 is 10.7. The van der Waals surface area contributed by atoms with Gasteiger partial charge in [-0.3, -0.25) is 9.59 Å². The molecule has 25 heavy (non-hydrogen) atoms. The Bertz CT molecular complexity index is 766. The molecule has 0 aliphatic carbocycles. The minimum Gasteiger partial charge on any atom is -0.481 e. The third-order valence-electron chi connectivity index (χ3n) is 3.98. The molecular weight excluding hydrogens is 348 g/mol. The van der Waals surface area contributed by atoms with Gasteiger partial charge >= 0.3 is 5.97 Å². The average molecular weight is 365 g/mol. The number of aromatic nitrogens is 1. The third kappa shape index (κ3) is 4.37. The molecule has 8 heteroatoms. The first-order valence-corrected chi connectivity index (χ1v) is 8.14. The lowest BCUT2D eigenvalue weighted by Crippen LogP contribution is -2.51. The summed E-state index contributed by atoms with van der Waals surface area (Å²) in [5.41, 5.74) is 0.362. The van der Waals surface area contributed by atoms with Crippen LogP contribution in [0.4, 0.5) is 0 Å². The second-order valence-corrected chi connectivity index (χ2v) is 6.47. The number of halogens is 1. The van der Waals surface area contributed by atoms with E-state index < -0.39 is 11.5 Å². The zero-order valence-electron chi connectivity index (χ0n) is 13.3. The Balaban J connectivity index is 1.65. The first-order valence-electron chi connectivity index (χ1n) is 7.77. The third-order valence-corrected chi connectivity index (χ3v) is 4.23. The minimum absolute atomic E-state index is 0.00153. The van der Waals surface area contributed by atoms with Crippen LogP contribution >= 0.6 is 11.6 Å². The molecule has 0 saturated carbocycles. The normalized spacial score (nSPS) is 19.7. The van der Waals surface area contributed by atoms with E-state index >= 15 is 0 Å². The molecule has 1 aromatic heterocycles. The molecule has 7 nitrogen and oxygen atoms in total. The Labute approximate surface area is 149 Å². The highest BCUT2D eigenvalue weighted by Gasteiger charge is 2.38. The lowest BCUT2D eigenvalue weighted by Gasteiger charge is -2.26. The fourth-order valence-electron chi connectivity index (χ4n) is 2.80. The van der Waals surface area contributed by atoms with E-state index in [-0.39, 0.29) is 25.4 Å². The standard InChI is InChI=1S/C17H17ClN2O5/c18-12-3-1-11(2-4-12)16-19-13(9-25-16)7-14(21)20-17(8-15(22)23)5-6-24-10-17/h1-4,9H,5-8,10H2,(H,20,21)(H,22,23). The summed E-state index contributed by atoms with van der Waals surface area (Å²) in [7, 11) is 0. The van der Waals surface area contributed by atoms with Crippen molar-refractivity contribution in [3.8, 4) is 11.5 Å². The van der Waals surface area contributed by atoms with Gasteiger partial charge in [-0.15, -0.1) is 0 Å². The van der Waals surface area contributed by atoms with Crippen molar-refractivity contribution in [3.63, 3.8) is 0 Å². The SMILES string of the molecule is O=C(O)CC1(NC(=O)Cc2coc(-c3ccc(Cl)cc3)n2)CCOC1. The summed E-state index contributed by atoms with van der Waals surface area (Å²) in [4.78, 5) is 27.6. The Morgan fingerprint density at radius 3 is 2.72 bits per heavy atom. The average Bonchev–Trinajstić information content (AvgIpc) is 3.17. The fourth-order valence-corrected chi connectivity index (χ4v) is 2.92. The number of ether oxygens (including phenoxy) is 1. The number of rotatable bonds is 6. The van der Waals surface area contributed by atoms with Gasteiger partial charge in [0.05, 0.1) is 30.7 Å². The monoisotopic (exact) mass is 364 g/mol. The van der Waals surface area contributed by atoms with Gasteiger partial charge in [0.1, 0.15) is 6.26 Å². The van der Waals surface area contributed by atoms with E-state index in [0.29, 0.717) is 29.6 Å². The molecular formula is C17H17ClN2O5. The Hall–Kier alpha value is -2.38. The van der Waals surface area contributed by atoms with E-state index in [4.69, 9.17) is 25.9 Å². The molecule has 2 aromatic rings. The van der Waals surface area contributed by atoms with E-state index in [9.17, 15) is 9.59 Å². The molecule has 1 aromatic carbocycles. The number of nitrogens with zero attached hydrogens (tertiary/aromatic N) is 1. The van der Waals surface area contributed by atoms with Gasteiger partial charge in [-0.1, -0.05) is 11.6 Å². The number of carboxylic acid groups (broad SMARTS) is 1. The van der Waals surface area contributed by atoms with Crippen LogP contribution in [0, 0.1) is 0 Å². The second kappa shape index (κ2) is 7.25. The molecule has 1 saturated heterocycles. The largest absolute Gasteiger partial charge is 0.481 e. The number of aliphatic carboxylic acids is 1. The van der Waals surface area contributed by atoms with Gasteiger partial charge in [0, 0.05) is 17.2 Å². The first-order chi connectivity index (χ1) is 12.0. The summed E-state index contributed by atoms with van der Waals surface area (Å²) in [6, 6.07) is 7.00. The van der Waals surface area contributed by atoms with Gasteiger partial charge < -0.3 is 19.6 Å². The van der Waals surface area contributed by atoms with E-state index in [1.165, 1.54) is 6.26 Å². The fraction of sp³-hybridized carbons (Fsp3) is 0.353. The van der Waals surface area contributed by atoms with Gasteiger partial charge in [0.25, 0.3) is 0 Å². The summed E-state index contributed by atoms with van der Waals surface area (Å²) in [6.45, 7) is 0.623. The number of carboxylic acids is 1. The number of carbonyl (C=O) groups is 2. The number of benzene rings is 1. The molecule has 1 fully saturated rings. The molecule has 0 radical (unpaired) electrons. The molecule has 0 bridgehead atoms.